The van der Waals surface area contributed by atoms with Crippen LogP contribution in [0.5, 0.6) is 0 Å². The minimum absolute atomic E-state index is 0.206. The van der Waals surface area contributed by atoms with Crippen LogP contribution in [0, 0.1) is 11.3 Å². The number of rotatable bonds is 5. The molecule has 0 atom stereocenters. The maximum atomic E-state index is 11.0. The van der Waals surface area contributed by atoms with E-state index in [0.29, 0.717) is 6.61 Å². The summed E-state index contributed by atoms with van der Waals surface area (Å²) in [4.78, 5) is 11.0. The third-order valence-corrected chi connectivity index (χ3v) is 1.35. The van der Waals surface area contributed by atoms with E-state index in [0.717, 1.165) is 12.8 Å². The van der Waals surface area contributed by atoms with Crippen LogP contribution in [0.25, 0.3) is 0 Å². The molecular formula is C10H13NO2. The van der Waals surface area contributed by atoms with Gasteiger partial charge in [-0.25, -0.2) is 4.79 Å². The minimum Gasteiger partial charge on any atom is -0.462 e. The fraction of sp³-hybridized carbons (Fsp3) is 0.400. The zero-order valence-corrected chi connectivity index (χ0v) is 7.75. The molecular weight excluding hydrogens is 166 g/mol. The van der Waals surface area contributed by atoms with E-state index in [1.165, 1.54) is 12.2 Å². The number of hydrogen-bond acceptors (Lipinski definition) is 3. The van der Waals surface area contributed by atoms with Crippen LogP contribution in [0.1, 0.15) is 19.8 Å². The quantitative estimate of drug-likeness (QED) is 0.213. The van der Waals surface area contributed by atoms with Gasteiger partial charge in [-0.05, 0) is 12.5 Å². The van der Waals surface area contributed by atoms with Crippen LogP contribution >= 0.6 is 0 Å². The number of ether oxygens (including phenoxy) is 1. The molecule has 13 heavy (non-hydrogen) atoms. The summed E-state index contributed by atoms with van der Waals surface area (Å²) in [5, 5.41) is 8.18. The van der Waals surface area contributed by atoms with Crippen LogP contribution in [0.2, 0.25) is 0 Å². The Hall–Kier alpha value is -1.56. The van der Waals surface area contributed by atoms with Gasteiger partial charge in [0.2, 0.25) is 0 Å². The first-order valence-corrected chi connectivity index (χ1v) is 4.14. The van der Waals surface area contributed by atoms with E-state index in [1.54, 1.807) is 6.07 Å². The van der Waals surface area contributed by atoms with E-state index in [2.05, 4.69) is 6.58 Å². The standard InChI is InChI=1S/C10H13NO2/c1-3-4-8-13-10(12)9(2)6-5-7-11/h5-6H,2-4,8H2,1H3. The zero-order valence-electron chi connectivity index (χ0n) is 7.75. The van der Waals surface area contributed by atoms with Gasteiger partial charge in [0.1, 0.15) is 0 Å². The maximum absolute atomic E-state index is 11.0. The molecule has 0 spiro atoms. The first-order valence-electron chi connectivity index (χ1n) is 4.14. The van der Waals surface area contributed by atoms with Crippen molar-refractivity contribution in [1.29, 1.82) is 5.26 Å². The molecule has 0 bridgehead atoms. The summed E-state index contributed by atoms with van der Waals surface area (Å²) in [6.45, 7) is 5.88. The molecule has 0 aliphatic carbocycles. The highest BCUT2D eigenvalue weighted by Crippen LogP contribution is 1.98. The lowest BCUT2D eigenvalue weighted by molar-refractivity contribution is -0.138. The molecule has 0 aliphatic rings. The van der Waals surface area contributed by atoms with Gasteiger partial charge < -0.3 is 4.74 Å². The number of unbranched alkanes of at least 4 members (excludes halogenated alkanes) is 1. The van der Waals surface area contributed by atoms with Crippen molar-refractivity contribution >= 4 is 5.97 Å². The van der Waals surface area contributed by atoms with Crippen molar-refractivity contribution in [2.75, 3.05) is 6.61 Å². The lowest BCUT2D eigenvalue weighted by Gasteiger charge is -2.01. The SMILES string of the molecule is C=C(C=CC#N)C(=O)OCCCC. The summed E-state index contributed by atoms with van der Waals surface area (Å²) in [7, 11) is 0. The Morgan fingerprint density at radius 1 is 1.69 bits per heavy atom. The number of esters is 1. The molecule has 0 N–H and O–H groups in total. The Morgan fingerprint density at radius 2 is 2.38 bits per heavy atom. The molecule has 3 heteroatoms. The first kappa shape index (κ1) is 11.4. The molecule has 0 aromatic rings. The van der Waals surface area contributed by atoms with Crippen LogP contribution in [0.4, 0.5) is 0 Å². The van der Waals surface area contributed by atoms with E-state index in [4.69, 9.17) is 10.00 Å². The van der Waals surface area contributed by atoms with Gasteiger partial charge in [0, 0.05) is 6.08 Å². The lowest BCUT2D eigenvalue weighted by Crippen LogP contribution is -2.06. The van der Waals surface area contributed by atoms with Gasteiger partial charge in [0.05, 0.1) is 18.2 Å². The third kappa shape index (κ3) is 5.68. The molecule has 0 unspecified atom stereocenters. The van der Waals surface area contributed by atoms with E-state index in [9.17, 15) is 4.79 Å². The molecule has 3 nitrogen and oxygen atoms in total. The highest BCUT2D eigenvalue weighted by atomic mass is 16.5. The predicted octanol–water partition coefficient (Wildman–Crippen LogP) is 1.97. The van der Waals surface area contributed by atoms with Gasteiger partial charge >= 0.3 is 5.97 Å². The Labute approximate surface area is 78.3 Å². The number of hydrogen-bond donors (Lipinski definition) is 0. The first-order chi connectivity index (χ1) is 6.22. The van der Waals surface area contributed by atoms with Gasteiger partial charge in [-0.3, -0.25) is 0 Å². The zero-order chi connectivity index (χ0) is 10.1. The second-order valence-corrected chi connectivity index (χ2v) is 2.48. The van der Waals surface area contributed by atoms with Gasteiger partial charge in [0.15, 0.2) is 0 Å². The Kier molecular flexibility index (Phi) is 6.26. The summed E-state index contributed by atoms with van der Waals surface area (Å²) >= 11 is 0. The van der Waals surface area contributed by atoms with Crippen molar-refractivity contribution < 1.29 is 9.53 Å². The van der Waals surface area contributed by atoms with Crippen molar-refractivity contribution in [2.24, 2.45) is 0 Å². The fourth-order valence-corrected chi connectivity index (χ4v) is 0.608. The molecule has 0 rings (SSSR count). The average molecular weight is 179 g/mol. The van der Waals surface area contributed by atoms with Crippen LogP contribution < -0.4 is 0 Å². The van der Waals surface area contributed by atoms with Gasteiger partial charge in [0.25, 0.3) is 0 Å². The summed E-state index contributed by atoms with van der Waals surface area (Å²) < 4.78 is 4.84. The van der Waals surface area contributed by atoms with Crippen LogP contribution in [-0.4, -0.2) is 12.6 Å². The number of allylic oxidation sites excluding steroid dienone is 1. The van der Waals surface area contributed by atoms with E-state index < -0.39 is 5.97 Å². The Morgan fingerprint density at radius 3 is 2.92 bits per heavy atom. The van der Waals surface area contributed by atoms with Crippen molar-refractivity contribution in [1.82, 2.24) is 0 Å². The smallest absolute Gasteiger partial charge is 0.337 e. The van der Waals surface area contributed by atoms with Crippen molar-refractivity contribution in [3.8, 4) is 6.07 Å². The second-order valence-electron chi connectivity index (χ2n) is 2.48. The summed E-state index contributed by atoms with van der Waals surface area (Å²) in [6.07, 6.45) is 4.37. The Balaban J connectivity index is 3.78. The molecule has 0 aromatic carbocycles. The van der Waals surface area contributed by atoms with Crippen LogP contribution in [0.3, 0.4) is 0 Å². The molecule has 0 saturated heterocycles. The molecule has 0 heterocycles. The Bertz CT molecular complexity index is 248. The molecule has 0 fully saturated rings. The van der Waals surface area contributed by atoms with Crippen molar-refractivity contribution in [3.05, 3.63) is 24.3 Å². The largest absolute Gasteiger partial charge is 0.462 e. The summed E-state index contributed by atoms with van der Waals surface area (Å²) in [5.74, 6) is -0.458. The van der Waals surface area contributed by atoms with Gasteiger partial charge in [-0.2, -0.15) is 5.26 Å². The third-order valence-electron chi connectivity index (χ3n) is 1.35. The second kappa shape index (κ2) is 7.11. The van der Waals surface area contributed by atoms with E-state index in [1.807, 2.05) is 6.92 Å². The maximum Gasteiger partial charge on any atom is 0.337 e. The fourth-order valence-electron chi connectivity index (χ4n) is 0.608. The van der Waals surface area contributed by atoms with Gasteiger partial charge in [-0.15, -0.1) is 0 Å². The van der Waals surface area contributed by atoms with Crippen molar-refractivity contribution in [3.63, 3.8) is 0 Å². The molecule has 70 valence electrons. The van der Waals surface area contributed by atoms with Gasteiger partial charge in [-0.1, -0.05) is 19.9 Å². The number of nitrogens with zero attached hydrogens (tertiary/aromatic N) is 1. The summed E-state index contributed by atoms with van der Waals surface area (Å²) in [6, 6.07) is 1.77. The minimum atomic E-state index is -0.458. The number of carbonyl (C=O) groups excluding carboxylic acids is 1. The lowest BCUT2D eigenvalue weighted by atomic mass is 10.3. The normalized spacial score (nSPS) is 9.54. The number of nitriles is 1. The molecule has 0 aromatic heterocycles. The van der Waals surface area contributed by atoms with E-state index >= 15 is 0 Å². The topological polar surface area (TPSA) is 50.1 Å². The highest BCUT2D eigenvalue weighted by molar-refractivity contribution is 5.90. The summed E-state index contributed by atoms with van der Waals surface area (Å²) in [5.41, 5.74) is 0.206. The van der Waals surface area contributed by atoms with Crippen LogP contribution in [-0.2, 0) is 9.53 Å². The van der Waals surface area contributed by atoms with Crippen molar-refractivity contribution in [2.45, 2.75) is 19.8 Å². The molecule has 0 amide bonds. The van der Waals surface area contributed by atoms with Crippen LogP contribution in [0.15, 0.2) is 24.3 Å². The molecule has 0 radical (unpaired) electrons. The molecule has 0 saturated carbocycles. The number of carbonyl (C=O) groups is 1. The van der Waals surface area contributed by atoms with E-state index in [-0.39, 0.29) is 5.57 Å². The average Bonchev–Trinajstić information content (AvgIpc) is 2.14. The molecule has 0 aliphatic heterocycles. The highest BCUT2D eigenvalue weighted by Gasteiger charge is 2.03. The predicted molar refractivity (Wildman–Crippen MR) is 49.8 cm³/mol. The monoisotopic (exact) mass is 179 g/mol.